The van der Waals surface area contributed by atoms with Crippen LogP contribution in [-0.2, 0) is 9.53 Å². The molecule has 3 nitrogen and oxygen atoms in total. The summed E-state index contributed by atoms with van der Waals surface area (Å²) in [5, 5.41) is 2.76. The summed E-state index contributed by atoms with van der Waals surface area (Å²) in [6.45, 7) is 4.91. The number of amides is 1. The molecule has 0 aromatic heterocycles. The maximum Gasteiger partial charge on any atom is 0.246 e. The van der Waals surface area contributed by atoms with Gasteiger partial charge in [-0.2, -0.15) is 0 Å². The van der Waals surface area contributed by atoms with Gasteiger partial charge >= 0.3 is 0 Å². The van der Waals surface area contributed by atoms with E-state index >= 15 is 0 Å². The number of ether oxygens (including phenoxy) is 1. The molecule has 1 fully saturated rings. The molecule has 0 saturated carbocycles. The molecule has 1 N–H and O–H groups in total. The summed E-state index contributed by atoms with van der Waals surface area (Å²) < 4.78 is 5.31. The van der Waals surface area contributed by atoms with Crippen LogP contribution in [-0.4, -0.2) is 24.7 Å². The Morgan fingerprint density at radius 3 is 2.90 bits per heavy atom. The highest BCUT2D eigenvalue weighted by molar-refractivity contribution is 5.77. The Balaban J connectivity index is 2.46. The molecule has 1 rings (SSSR count). The zero-order valence-electron chi connectivity index (χ0n) is 6.44. The molecule has 0 aliphatic carbocycles. The van der Waals surface area contributed by atoms with Gasteiger partial charge in [0.15, 0.2) is 0 Å². The van der Waals surface area contributed by atoms with Gasteiger partial charge < -0.3 is 10.1 Å². The number of nitrogens with one attached hydrogen (secondary N) is 1. The number of carbonyl (C=O) groups excluding carboxylic acids is 1. The highest BCUT2D eigenvalue weighted by Crippen LogP contribution is 2.15. The number of rotatable bonds is 1. The van der Waals surface area contributed by atoms with E-state index in [2.05, 4.69) is 12.2 Å². The van der Waals surface area contributed by atoms with Crippen molar-refractivity contribution >= 4 is 5.91 Å². The van der Waals surface area contributed by atoms with E-state index in [0.717, 1.165) is 6.42 Å². The van der Waals surface area contributed by atoms with E-state index in [9.17, 15) is 4.79 Å². The van der Waals surface area contributed by atoms with Crippen molar-refractivity contribution in [2.24, 2.45) is 0 Å². The van der Waals surface area contributed by atoms with Crippen LogP contribution < -0.4 is 5.32 Å². The van der Waals surface area contributed by atoms with Crippen molar-refractivity contribution in [1.29, 1.82) is 0 Å². The van der Waals surface area contributed by atoms with E-state index in [-0.39, 0.29) is 18.1 Å². The summed E-state index contributed by atoms with van der Waals surface area (Å²) in [5.41, 5.74) is -0.131. The predicted octanol–water partition coefficient (Wildman–Crippen LogP) is 0.301. The minimum Gasteiger partial charge on any atom is -0.364 e. The molecule has 0 unspecified atom stereocenters. The van der Waals surface area contributed by atoms with Crippen molar-refractivity contribution in [1.82, 2.24) is 5.32 Å². The third-order valence-electron chi connectivity index (χ3n) is 1.96. The quantitative estimate of drug-likeness (QED) is 0.573. The Hall–Kier alpha value is -0.570. The maximum absolute atomic E-state index is 10.6. The smallest absolute Gasteiger partial charge is 0.246 e. The molecule has 1 heterocycles. The van der Waals surface area contributed by atoms with Gasteiger partial charge in [-0.05, 0) is 13.3 Å². The zero-order valence-corrected chi connectivity index (χ0v) is 6.44. The van der Waals surface area contributed by atoms with Gasteiger partial charge in [-0.15, -0.1) is 0 Å². The second kappa shape index (κ2) is 2.58. The Morgan fingerprint density at radius 2 is 2.50 bits per heavy atom. The highest BCUT2D eigenvalue weighted by atomic mass is 16.5. The SMILES string of the molecule is CC[C@@]1(C)CNC(=O)CO1. The van der Waals surface area contributed by atoms with Gasteiger partial charge in [-0.3, -0.25) is 4.79 Å². The standard InChI is InChI=1S/C7H13NO2/c1-3-7(2)5-8-6(9)4-10-7/h3-5H2,1-2H3,(H,8,9)/t7-/m0/s1. The van der Waals surface area contributed by atoms with E-state index in [1.165, 1.54) is 0 Å². The first kappa shape index (κ1) is 7.54. The lowest BCUT2D eigenvalue weighted by Crippen LogP contribution is -2.50. The molecule has 58 valence electrons. The third kappa shape index (κ3) is 1.48. The van der Waals surface area contributed by atoms with E-state index in [1.54, 1.807) is 0 Å². The van der Waals surface area contributed by atoms with E-state index in [0.29, 0.717) is 6.54 Å². The van der Waals surface area contributed by atoms with Crippen LogP contribution in [0.4, 0.5) is 0 Å². The molecule has 0 spiro atoms. The van der Waals surface area contributed by atoms with Crippen molar-refractivity contribution in [2.45, 2.75) is 25.9 Å². The van der Waals surface area contributed by atoms with Crippen molar-refractivity contribution in [3.63, 3.8) is 0 Å². The van der Waals surface area contributed by atoms with Crippen LogP contribution in [0.2, 0.25) is 0 Å². The topological polar surface area (TPSA) is 38.3 Å². The Bertz CT molecular complexity index is 135. The number of morpholine rings is 1. The van der Waals surface area contributed by atoms with E-state index < -0.39 is 0 Å². The van der Waals surface area contributed by atoms with Gasteiger partial charge in [0.1, 0.15) is 6.61 Å². The molecule has 1 saturated heterocycles. The second-order valence-electron chi connectivity index (χ2n) is 2.87. The highest BCUT2D eigenvalue weighted by Gasteiger charge is 2.28. The second-order valence-corrected chi connectivity index (χ2v) is 2.87. The summed E-state index contributed by atoms with van der Waals surface area (Å²) in [6, 6.07) is 0. The molecule has 1 amide bonds. The van der Waals surface area contributed by atoms with Crippen molar-refractivity contribution < 1.29 is 9.53 Å². The fourth-order valence-corrected chi connectivity index (χ4v) is 0.854. The van der Waals surface area contributed by atoms with Gasteiger partial charge in [0.05, 0.1) is 5.60 Å². The van der Waals surface area contributed by atoms with E-state index in [4.69, 9.17) is 4.74 Å². The molecule has 0 aromatic rings. The Kier molecular flexibility index (Phi) is 1.94. The summed E-state index contributed by atoms with van der Waals surface area (Å²) in [5.74, 6) is -0.00840. The summed E-state index contributed by atoms with van der Waals surface area (Å²) >= 11 is 0. The Labute approximate surface area is 60.7 Å². The van der Waals surface area contributed by atoms with Crippen LogP contribution in [0.25, 0.3) is 0 Å². The fourth-order valence-electron chi connectivity index (χ4n) is 0.854. The van der Waals surface area contributed by atoms with Gasteiger partial charge in [0.25, 0.3) is 0 Å². The lowest BCUT2D eigenvalue weighted by molar-refractivity contribution is -0.141. The first-order valence-electron chi connectivity index (χ1n) is 3.57. The van der Waals surface area contributed by atoms with E-state index in [1.807, 2.05) is 6.92 Å². The maximum atomic E-state index is 10.6. The van der Waals surface area contributed by atoms with Crippen LogP contribution >= 0.6 is 0 Å². The molecule has 1 atom stereocenters. The average Bonchev–Trinajstić information content (AvgIpc) is 1.96. The first-order valence-corrected chi connectivity index (χ1v) is 3.57. The first-order chi connectivity index (χ1) is 4.66. The molecule has 0 bridgehead atoms. The van der Waals surface area contributed by atoms with Crippen LogP contribution in [0.3, 0.4) is 0 Å². The molecular formula is C7H13NO2. The molecular weight excluding hydrogens is 130 g/mol. The third-order valence-corrected chi connectivity index (χ3v) is 1.96. The van der Waals surface area contributed by atoms with Gasteiger partial charge in [0.2, 0.25) is 5.91 Å². The fraction of sp³-hybridized carbons (Fsp3) is 0.857. The summed E-state index contributed by atoms with van der Waals surface area (Å²) in [6.07, 6.45) is 0.938. The normalized spacial score (nSPS) is 33.6. The lowest BCUT2D eigenvalue weighted by Gasteiger charge is -2.32. The van der Waals surface area contributed by atoms with Crippen LogP contribution in [0, 0.1) is 0 Å². The van der Waals surface area contributed by atoms with Crippen LogP contribution in [0.5, 0.6) is 0 Å². The lowest BCUT2D eigenvalue weighted by atomic mass is 10.0. The molecule has 3 heteroatoms. The summed E-state index contributed by atoms with van der Waals surface area (Å²) in [4.78, 5) is 10.6. The zero-order chi connectivity index (χ0) is 7.61. The largest absolute Gasteiger partial charge is 0.364 e. The molecule has 0 aromatic carbocycles. The minimum atomic E-state index is -0.131. The van der Waals surface area contributed by atoms with Crippen LogP contribution in [0.15, 0.2) is 0 Å². The molecule has 10 heavy (non-hydrogen) atoms. The van der Waals surface area contributed by atoms with Gasteiger partial charge in [-0.25, -0.2) is 0 Å². The van der Waals surface area contributed by atoms with Gasteiger partial charge in [-0.1, -0.05) is 6.92 Å². The number of hydrogen-bond acceptors (Lipinski definition) is 2. The average molecular weight is 143 g/mol. The molecule has 1 aliphatic heterocycles. The van der Waals surface area contributed by atoms with Crippen molar-refractivity contribution in [2.75, 3.05) is 13.2 Å². The van der Waals surface area contributed by atoms with Crippen molar-refractivity contribution in [3.8, 4) is 0 Å². The molecule has 0 radical (unpaired) electrons. The van der Waals surface area contributed by atoms with Gasteiger partial charge in [0, 0.05) is 6.54 Å². The summed E-state index contributed by atoms with van der Waals surface area (Å²) in [7, 11) is 0. The van der Waals surface area contributed by atoms with Crippen molar-refractivity contribution in [3.05, 3.63) is 0 Å². The minimum absolute atomic E-state index is 0.00840. The predicted molar refractivity (Wildman–Crippen MR) is 37.7 cm³/mol. The van der Waals surface area contributed by atoms with Crippen LogP contribution in [0.1, 0.15) is 20.3 Å². The number of hydrogen-bond donors (Lipinski definition) is 1. The monoisotopic (exact) mass is 143 g/mol. The molecule has 1 aliphatic rings. The Morgan fingerprint density at radius 1 is 1.80 bits per heavy atom. The number of carbonyl (C=O) groups is 1.